The fourth-order valence-corrected chi connectivity index (χ4v) is 4.47. The number of rotatable bonds is 6. The van der Waals surface area contributed by atoms with Gasteiger partial charge < -0.3 is 15.7 Å². The molecule has 0 saturated heterocycles. The molecule has 1 aliphatic carbocycles. The number of hydrogen-bond acceptors (Lipinski definition) is 5. The molecule has 0 bridgehead atoms. The van der Waals surface area contributed by atoms with E-state index < -0.39 is 0 Å². The van der Waals surface area contributed by atoms with E-state index in [1.807, 2.05) is 48.7 Å². The second-order valence-electron chi connectivity index (χ2n) is 8.45. The number of aryl methyl sites for hydroxylation is 1. The summed E-state index contributed by atoms with van der Waals surface area (Å²) in [5.74, 6) is 0.0856. The molecule has 4 aromatic rings. The molecule has 0 radical (unpaired) electrons. The molecule has 0 atom stereocenters. The van der Waals surface area contributed by atoms with E-state index in [-0.39, 0.29) is 23.6 Å². The molecule has 34 heavy (non-hydrogen) atoms. The van der Waals surface area contributed by atoms with Crippen LogP contribution in [-0.4, -0.2) is 26.8 Å². The first-order valence-corrected chi connectivity index (χ1v) is 12.0. The molecule has 2 heterocycles. The minimum absolute atomic E-state index is 0.0290. The number of aromatic nitrogens is 2. The minimum Gasteiger partial charge on any atom is -0.507 e. The maximum atomic E-state index is 13.0. The van der Waals surface area contributed by atoms with E-state index in [1.54, 1.807) is 18.2 Å². The van der Waals surface area contributed by atoms with Crippen LogP contribution in [-0.2, 0) is 6.54 Å². The van der Waals surface area contributed by atoms with Crippen molar-refractivity contribution < 1.29 is 14.7 Å². The topological polar surface area (TPSA) is 96.3 Å². The number of phenols is 1. The molecule has 5 rings (SSSR count). The van der Waals surface area contributed by atoms with Crippen LogP contribution in [0.5, 0.6) is 5.75 Å². The van der Waals surface area contributed by atoms with E-state index in [0.717, 1.165) is 29.7 Å². The molecule has 8 heteroatoms. The Morgan fingerprint density at radius 2 is 1.97 bits per heavy atom. The van der Waals surface area contributed by atoms with Gasteiger partial charge >= 0.3 is 6.03 Å². The second-order valence-corrected chi connectivity index (χ2v) is 9.40. The van der Waals surface area contributed by atoms with Gasteiger partial charge in [-0.25, -0.2) is 4.79 Å². The van der Waals surface area contributed by atoms with Crippen molar-refractivity contribution in [1.82, 2.24) is 15.1 Å². The van der Waals surface area contributed by atoms with E-state index in [2.05, 4.69) is 15.7 Å². The predicted octanol–water partition coefficient (Wildman–Crippen LogP) is 5.51. The quantitative estimate of drug-likeness (QED) is 0.322. The van der Waals surface area contributed by atoms with Gasteiger partial charge in [0.2, 0.25) is 0 Å². The Kier molecular flexibility index (Phi) is 5.90. The lowest BCUT2D eigenvalue weighted by atomic mass is 10.1. The van der Waals surface area contributed by atoms with Crippen LogP contribution in [0, 0.1) is 6.92 Å². The van der Waals surface area contributed by atoms with Crippen LogP contribution in [0.4, 0.5) is 10.5 Å². The summed E-state index contributed by atoms with van der Waals surface area (Å²) < 4.78 is 1.40. The molecule has 0 aliphatic heterocycles. The molecule has 2 amide bonds. The monoisotopic (exact) mass is 472 g/mol. The van der Waals surface area contributed by atoms with Crippen molar-refractivity contribution in [1.29, 1.82) is 0 Å². The van der Waals surface area contributed by atoms with E-state index >= 15 is 0 Å². The molecule has 0 spiro atoms. The Hall–Kier alpha value is -3.91. The molecule has 3 N–H and O–H groups in total. The number of hydrogen-bond donors (Lipinski definition) is 3. The second kappa shape index (κ2) is 9.15. The summed E-state index contributed by atoms with van der Waals surface area (Å²) in [6.45, 7) is 2.41. The minimum atomic E-state index is -0.309. The molecule has 0 unspecified atom stereocenters. The molecule has 2 aromatic carbocycles. The zero-order chi connectivity index (χ0) is 23.7. The molecule has 1 saturated carbocycles. The Morgan fingerprint density at radius 1 is 1.12 bits per heavy atom. The van der Waals surface area contributed by atoms with Gasteiger partial charge in [0.1, 0.15) is 5.75 Å². The Balaban J connectivity index is 1.39. The molecular formula is C26H24N4O3S. The number of benzene rings is 2. The normalized spacial score (nSPS) is 13.0. The van der Waals surface area contributed by atoms with Crippen LogP contribution in [0.2, 0.25) is 0 Å². The maximum Gasteiger partial charge on any atom is 0.342 e. The van der Waals surface area contributed by atoms with Crippen LogP contribution in [0.3, 0.4) is 0 Å². The summed E-state index contributed by atoms with van der Waals surface area (Å²) in [6.07, 6.45) is 2.00. The molecule has 7 nitrogen and oxygen atoms in total. The Bertz CT molecular complexity index is 1360. The van der Waals surface area contributed by atoms with Crippen molar-refractivity contribution in [3.05, 3.63) is 87.7 Å². The smallest absolute Gasteiger partial charge is 0.342 e. The van der Waals surface area contributed by atoms with Crippen molar-refractivity contribution in [2.45, 2.75) is 32.2 Å². The Labute approximate surface area is 201 Å². The fourth-order valence-electron chi connectivity index (χ4n) is 3.85. The highest BCUT2D eigenvalue weighted by atomic mass is 32.1. The third-order valence-electron chi connectivity index (χ3n) is 5.73. The number of aromatic hydroxyl groups is 1. The van der Waals surface area contributed by atoms with Gasteiger partial charge in [0.05, 0.1) is 16.3 Å². The van der Waals surface area contributed by atoms with Crippen molar-refractivity contribution in [2.75, 3.05) is 5.32 Å². The van der Waals surface area contributed by atoms with Gasteiger partial charge in [0.15, 0.2) is 0 Å². The first-order valence-electron chi connectivity index (χ1n) is 11.1. The van der Waals surface area contributed by atoms with Crippen molar-refractivity contribution in [2.24, 2.45) is 0 Å². The van der Waals surface area contributed by atoms with Crippen LogP contribution < -0.4 is 10.6 Å². The van der Waals surface area contributed by atoms with Crippen molar-refractivity contribution in [3.8, 4) is 17.0 Å². The summed E-state index contributed by atoms with van der Waals surface area (Å²) in [4.78, 5) is 26.0. The Morgan fingerprint density at radius 3 is 2.71 bits per heavy atom. The SMILES string of the molecule is Cc1cccc(CNC(=O)n2nc(-c3cc(NC(=O)c4cccs4)ccc3O)cc2C2CC2)c1. The first-order chi connectivity index (χ1) is 16.5. The highest BCUT2D eigenvalue weighted by Crippen LogP contribution is 2.42. The largest absolute Gasteiger partial charge is 0.507 e. The molecule has 2 aromatic heterocycles. The van der Waals surface area contributed by atoms with Crippen LogP contribution in [0.15, 0.2) is 66.0 Å². The molecule has 1 aliphatic rings. The lowest BCUT2D eigenvalue weighted by Gasteiger charge is -2.09. The number of anilines is 1. The number of amides is 2. The van der Waals surface area contributed by atoms with Gasteiger partial charge in [0.25, 0.3) is 5.91 Å². The van der Waals surface area contributed by atoms with Crippen molar-refractivity contribution >= 4 is 29.0 Å². The number of nitrogens with zero attached hydrogens (tertiary/aromatic N) is 2. The number of carbonyl (C=O) groups is 2. The summed E-state index contributed by atoms with van der Waals surface area (Å²) in [5, 5.41) is 22.7. The van der Waals surface area contributed by atoms with Crippen LogP contribution >= 0.6 is 11.3 Å². The van der Waals surface area contributed by atoms with Gasteiger partial charge in [-0.2, -0.15) is 9.78 Å². The highest BCUT2D eigenvalue weighted by Gasteiger charge is 2.30. The van der Waals surface area contributed by atoms with Gasteiger partial charge in [0, 0.05) is 23.7 Å². The average molecular weight is 473 g/mol. The number of carbonyl (C=O) groups excluding carboxylic acids is 2. The summed E-state index contributed by atoms with van der Waals surface area (Å²) >= 11 is 1.35. The molecular weight excluding hydrogens is 448 g/mol. The first kappa shape index (κ1) is 21.9. The van der Waals surface area contributed by atoms with E-state index in [9.17, 15) is 14.7 Å². The standard InChI is InChI=1S/C26H24N4O3S/c1-16-4-2-5-17(12-16)15-27-26(33)30-22(18-7-8-18)14-21(29-30)20-13-19(9-10-23(20)31)28-25(32)24-6-3-11-34-24/h2-6,9-14,18,31H,7-8,15H2,1H3,(H,27,33)(H,28,32). The number of nitrogens with one attached hydrogen (secondary N) is 2. The fraction of sp³-hybridized carbons (Fsp3) is 0.192. The average Bonchev–Trinajstić information content (AvgIpc) is 3.33. The number of phenolic OH excluding ortho intramolecular Hbond substituents is 1. The zero-order valence-corrected chi connectivity index (χ0v) is 19.4. The van der Waals surface area contributed by atoms with E-state index in [1.165, 1.54) is 22.1 Å². The van der Waals surface area contributed by atoms with Crippen molar-refractivity contribution in [3.63, 3.8) is 0 Å². The highest BCUT2D eigenvalue weighted by molar-refractivity contribution is 7.12. The predicted molar refractivity (Wildman–Crippen MR) is 132 cm³/mol. The third-order valence-corrected chi connectivity index (χ3v) is 6.60. The summed E-state index contributed by atoms with van der Waals surface area (Å²) in [7, 11) is 0. The molecule has 172 valence electrons. The lowest BCUT2D eigenvalue weighted by Crippen LogP contribution is -2.30. The number of thiophene rings is 1. The summed E-state index contributed by atoms with van der Waals surface area (Å²) in [6, 6.07) is 17.9. The zero-order valence-electron chi connectivity index (χ0n) is 18.6. The van der Waals surface area contributed by atoms with Gasteiger partial charge in [-0.15, -0.1) is 11.3 Å². The molecule has 1 fully saturated rings. The van der Waals surface area contributed by atoms with Gasteiger partial charge in [-0.05, 0) is 61.0 Å². The summed E-state index contributed by atoms with van der Waals surface area (Å²) in [5.41, 5.74) is 4.45. The third kappa shape index (κ3) is 4.72. The lowest BCUT2D eigenvalue weighted by molar-refractivity contribution is 0.103. The van der Waals surface area contributed by atoms with Crippen LogP contribution in [0.1, 0.15) is 45.3 Å². The maximum absolute atomic E-state index is 13.0. The van der Waals surface area contributed by atoms with E-state index in [0.29, 0.717) is 28.4 Å². The van der Waals surface area contributed by atoms with Gasteiger partial charge in [-0.1, -0.05) is 35.9 Å². The van der Waals surface area contributed by atoms with E-state index in [4.69, 9.17) is 0 Å². The van der Waals surface area contributed by atoms with Crippen LogP contribution in [0.25, 0.3) is 11.3 Å². The van der Waals surface area contributed by atoms with Gasteiger partial charge in [-0.3, -0.25) is 4.79 Å².